The number of carbonyl (C=O) groups excluding carboxylic acids is 1. The number of piperidine rings is 1. The highest BCUT2D eigenvalue weighted by Crippen LogP contribution is 2.22. The zero-order chi connectivity index (χ0) is 24.8. The molecule has 0 radical (unpaired) electrons. The van der Waals surface area contributed by atoms with E-state index in [-0.39, 0.29) is 10.8 Å². The number of hydrogen-bond donors (Lipinski definition) is 2. The maximum atomic E-state index is 13.0. The molecule has 7 heteroatoms. The first-order valence-electron chi connectivity index (χ1n) is 12.1. The number of anilines is 1. The highest BCUT2D eigenvalue weighted by molar-refractivity contribution is 7.92. The molecule has 1 amide bonds. The lowest BCUT2D eigenvalue weighted by atomic mass is 10.1. The maximum absolute atomic E-state index is 13.0. The van der Waals surface area contributed by atoms with Crippen LogP contribution in [0.25, 0.3) is 0 Å². The van der Waals surface area contributed by atoms with Crippen LogP contribution in [-0.2, 0) is 23.1 Å². The first-order chi connectivity index (χ1) is 16.8. The van der Waals surface area contributed by atoms with E-state index in [2.05, 4.69) is 27.1 Å². The Hall–Kier alpha value is -3.16. The second-order valence-corrected chi connectivity index (χ2v) is 10.9. The van der Waals surface area contributed by atoms with Crippen molar-refractivity contribution in [3.63, 3.8) is 0 Å². The highest BCUT2D eigenvalue weighted by Gasteiger charge is 2.19. The van der Waals surface area contributed by atoms with Crippen molar-refractivity contribution in [1.29, 1.82) is 0 Å². The van der Waals surface area contributed by atoms with E-state index in [1.807, 2.05) is 25.1 Å². The normalized spacial score (nSPS) is 14.5. The molecule has 0 unspecified atom stereocenters. The Kier molecular flexibility index (Phi) is 7.88. The standard InChI is InChI=1S/C28H33N3O3S/c1-21-7-6-8-26(17-21)30-35(33,34)27-18-25(14-9-22(27)2)28(32)29-19-23-10-12-24(13-11-23)20-31-15-4-3-5-16-31/h6-14,17-18,30H,3-5,15-16,19-20H2,1-2H3,(H,29,32). The van der Waals surface area contributed by atoms with E-state index in [4.69, 9.17) is 0 Å². The first-order valence-corrected chi connectivity index (χ1v) is 13.6. The van der Waals surface area contributed by atoms with Crippen molar-refractivity contribution in [1.82, 2.24) is 10.2 Å². The minimum absolute atomic E-state index is 0.0914. The van der Waals surface area contributed by atoms with E-state index in [1.165, 1.54) is 30.9 Å². The van der Waals surface area contributed by atoms with Crippen molar-refractivity contribution in [3.8, 4) is 0 Å². The van der Waals surface area contributed by atoms with Crippen LogP contribution in [0.3, 0.4) is 0 Å². The topological polar surface area (TPSA) is 78.5 Å². The number of hydrogen-bond acceptors (Lipinski definition) is 4. The molecule has 35 heavy (non-hydrogen) atoms. The molecule has 4 rings (SSSR count). The lowest BCUT2D eigenvalue weighted by Crippen LogP contribution is -2.29. The van der Waals surface area contributed by atoms with Crippen LogP contribution in [0.5, 0.6) is 0 Å². The number of nitrogens with one attached hydrogen (secondary N) is 2. The van der Waals surface area contributed by atoms with Gasteiger partial charge in [-0.05, 0) is 86.3 Å². The third kappa shape index (κ3) is 6.71. The van der Waals surface area contributed by atoms with Gasteiger partial charge in [-0.25, -0.2) is 8.42 Å². The number of carbonyl (C=O) groups is 1. The fourth-order valence-electron chi connectivity index (χ4n) is 4.37. The average Bonchev–Trinajstić information content (AvgIpc) is 2.84. The molecule has 0 spiro atoms. The lowest BCUT2D eigenvalue weighted by Gasteiger charge is -2.26. The molecule has 0 saturated carbocycles. The van der Waals surface area contributed by atoms with Gasteiger partial charge in [0.05, 0.1) is 4.90 Å². The molecule has 184 valence electrons. The van der Waals surface area contributed by atoms with Gasteiger partial charge in [0.15, 0.2) is 0 Å². The van der Waals surface area contributed by atoms with E-state index >= 15 is 0 Å². The van der Waals surface area contributed by atoms with Gasteiger partial charge in [-0.2, -0.15) is 0 Å². The van der Waals surface area contributed by atoms with Gasteiger partial charge in [-0.3, -0.25) is 14.4 Å². The summed E-state index contributed by atoms with van der Waals surface area (Å²) in [5, 5.41) is 2.91. The van der Waals surface area contributed by atoms with Gasteiger partial charge in [-0.1, -0.05) is 48.9 Å². The van der Waals surface area contributed by atoms with Gasteiger partial charge in [-0.15, -0.1) is 0 Å². The molecule has 1 heterocycles. The van der Waals surface area contributed by atoms with Gasteiger partial charge in [0.25, 0.3) is 15.9 Å². The summed E-state index contributed by atoms with van der Waals surface area (Å²) in [4.78, 5) is 15.4. The van der Waals surface area contributed by atoms with Crippen molar-refractivity contribution in [2.75, 3.05) is 17.8 Å². The predicted molar refractivity (Wildman–Crippen MR) is 140 cm³/mol. The Labute approximate surface area is 208 Å². The van der Waals surface area contributed by atoms with Crippen LogP contribution in [0.1, 0.15) is 51.9 Å². The van der Waals surface area contributed by atoms with Crippen LogP contribution < -0.4 is 10.0 Å². The van der Waals surface area contributed by atoms with Crippen molar-refractivity contribution < 1.29 is 13.2 Å². The van der Waals surface area contributed by atoms with Crippen molar-refractivity contribution in [3.05, 3.63) is 94.5 Å². The second kappa shape index (κ2) is 11.1. The third-order valence-corrected chi connectivity index (χ3v) is 7.86. The van der Waals surface area contributed by atoms with Crippen molar-refractivity contribution in [2.45, 2.75) is 51.1 Å². The Balaban J connectivity index is 1.39. The summed E-state index contributed by atoms with van der Waals surface area (Å²) in [5.74, 6) is -0.311. The Bertz CT molecular complexity index is 1280. The molecule has 6 nitrogen and oxygen atoms in total. The number of amides is 1. The SMILES string of the molecule is Cc1cccc(NS(=O)(=O)c2cc(C(=O)NCc3ccc(CN4CCCCC4)cc3)ccc2C)c1. The smallest absolute Gasteiger partial charge is 0.262 e. The van der Waals surface area contributed by atoms with E-state index in [9.17, 15) is 13.2 Å². The van der Waals surface area contributed by atoms with Gasteiger partial charge in [0, 0.05) is 24.3 Å². The van der Waals surface area contributed by atoms with Crippen molar-refractivity contribution in [2.24, 2.45) is 0 Å². The van der Waals surface area contributed by atoms with Gasteiger partial charge < -0.3 is 5.32 Å². The fraction of sp³-hybridized carbons (Fsp3) is 0.321. The molecule has 3 aromatic rings. The van der Waals surface area contributed by atoms with Gasteiger partial charge in [0.1, 0.15) is 0 Å². The molecule has 1 aliphatic rings. The summed E-state index contributed by atoms with van der Waals surface area (Å²) >= 11 is 0. The zero-order valence-corrected chi connectivity index (χ0v) is 21.2. The fourth-order valence-corrected chi connectivity index (χ4v) is 5.69. The van der Waals surface area contributed by atoms with Gasteiger partial charge in [0.2, 0.25) is 0 Å². The van der Waals surface area contributed by atoms with Crippen LogP contribution >= 0.6 is 0 Å². The number of aryl methyl sites for hydroxylation is 2. The molecule has 0 bridgehead atoms. The molecular formula is C28H33N3O3S. The molecule has 3 aromatic carbocycles. The van der Waals surface area contributed by atoms with Crippen LogP contribution in [-0.4, -0.2) is 32.3 Å². The highest BCUT2D eigenvalue weighted by atomic mass is 32.2. The molecular weight excluding hydrogens is 458 g/mol. The minimum atomic E-state index is -3.84. The zero-order valence-electron chi connectivity index (χ0n) is 20.4. The quantitative estimate of drug-likeness (QED) is 0.464. The van der Waals surface area contributed by atoms with Crippen LogP contribution in [0.2, 0.25) is 0 Å². The second-order valence-electron chi connectivity index (χ2n) is 9.29. The summed E-state index contributed by atoms with van der Waals surface area (Å²) in [6.45, 7) is 7.28. The summed E-state index contributed by atoms with van der Waals surface area (Å²) < 4.78 is 28.6. The number of benzene rings is 3. The Morgan fingerprint density at radius 2 is 1.60 bits per heavy atom. The minimum Gasteiger partial charge on any atom is -0.348 e. The number of rotatable bonds is 8. The summed E-state index contributed by atoms with van der Waals surface area (Å²) in [7, 11) is -3.84. The largest absolute Gasteiger partial charge is 0.348 e. The maximum Gasteiger partial charge on any atom is 0.262 e. The summed E-state index contributed by atoms with van der Waals surface area (Å²) in [5.41, 5.74) is 4.60. The summed E-state index contributed by atoms with van der Waals surface area (Å²) in [6.07, 6.45) is 3.87. The molecule has 1 saturated heterocycles. The number of sulfonamides is 1. The molecule has 2 N–H and O–H groups in total. The van der Waals surface area contributed by atoms with E-state index in [0.29, 0.717) is 23.4 Å². The Morgan fingerprint density at radius 3 is 2.31 bits per heavy atom. The number of nitrogens with zero attached hydrogens (tertiary/aromatic N) is 1. The van der Waals surface area contributed by atoms with E-state index in [0.717, 1.165) is 30.8 Å². The van der Waals surface area contributed by atoms with Crippen LogP contribution in [0.4, 0.5) is 5.69 Å². The third-order valence-electron chi connectivity index (χ3n) is 6.34. The Morgan fingerprint density at radius 1 is 0.886 bits per heavy atom. The van der Waals surface area contributed by atoms with Crippen LogP contribution in [0.15, 0.2) is 71.6 Å². The summed E-state index contributed by atoms with van der Waals surface area (Å²) in [6, 6.07) is 20.2. The van der Waals surface area contributed by atoms with Crippen molar-refractivity contribution >= 4 is 21.6 Å². The van der Waals surface area contributed by atoms with Crippen LogP contribution in [0, 0.1) is 13.8 Å². The molecule has 0 aliphatic carbocycles. The molecule has 1 fully saturated rings. The monoisotopic (exact) mass is 491 g/mol. The molecule has 1 aliphatic heterocycles. The van der Waals surface area contributed by atoms with Gasteiger partial charge >= 0.3 is 0 Å². The van der Waals surface area contributed by atoms with E-state index in [1.54, 1.807) is 37.3 Å². The molecule has 0 aromatic heterocycles. The average molecular weight is 492 g/mol. The first kappa shape index (κ1) is 24.9. The van der Waals surface area contributed by atoms with E-state index < -0.39 is 10.0 Å². The predicted octanol–water partition coefficient (Wildman–Crippen LogP) is 5.02. The lowest BCUT2D eigenvalue weighted by molar-refractivity contribution is 0.0950. The number of likely N-dealkylation sites (tertiary alicyclic amines) is 1. The molecule has 0 atom stereocenters.